The predicted octanol–water partition coefficient (Wildman–Crippen LogP) is 3.29. The van der Waals surface area contributed by atoms with Crippen molar-refractivity contribution in [3.05, 3.63) is 58.8 Å². The number of pyridine rings is 1. The highest BCUT2D eigenvalue weighted by atomic mass is 35.5. The third kappa shape index (κ3) is 2.92. The van der Waals surface area contributed by atoms with Crippen LogP contribution in [0.25, 0.3) is 5.69 Å². The van der Waals surface area contributed by atoms with E-state index in [2.05, 4.69) is 54.5 Å². The second-order valence-electron chi connectivity index (χ2n) is 9.10. The Labute approximate surface area is 185 Å². The zero-order chi connectivity index (χ0) is 21.3. The summed E-state index contributed by atoms with van der Waals surface area (Å²) in [5, 5.41) is 9.91. The van der Waals surface area contributed by atoms with Crippen LogP contribution in [0.1, 0.15) is 24.4 Å². The van der Waals surface area contributed by atoms with Crippen LogP contribution < -0.4 is 9.80 Å². The molecule has 7 nitrogen and oxygen atoms in total. The topological polar surface area (TPSA) is 53.3 Å². The fourth-order valence-electron chi connectivity index (χ4n) is 5.08. The zero-order valence-corrected chi connectivity index (χ0v) is 18.2. The van der Waals surface area contributed by atoms with Crippen molar-refractivity contribution in [2.24, 2.45) is 5.41 Å². The van der Waals surface area contributed by atoms with E-state index in [0.717, 1.165) is 61.0 Å². The molecule has 1 atom stereocenters. The van der Waals surface area contributed by atoms with Gasteiger partial charge >= 0.3 is 0 Å². The van der Waals surface area contributed by atoms with E-state index >= 15 is 0 Å². The molecule has 6 rings (SSSR count). The Morgan fingerprint density at radius 2 is 1.84 bits per heavy atom. The van der Waals surface area contributed by atoms with Crippen molar-refractivity contribution >= 4 is 23.4 Å². The first-order chi connectivity index (χ1) is 14.9. The molecular weight excluding hydrogens is 417 g/mol. The molecule has 0 radical (unpaired) electrons. The third-order valence-corrected chi connectivity index (χ3v) is 7.07. The van der Waals surface area contributed by atoms with E-state index in [1.165, 1.54) is 17.8 Å². The highest BCUT2D eigenvalue weighted by Crippen LogP contribution is 2.44. The average molecular weight is 440 g/mol. The summed E-state index contributed by atoms with van der Waals surface area (Å²) in [5.74, 6) is 2.38. The van der Waals surface area contributed by atoms with Crippen molar-refractivity contribution in [2.45, 2.75) is 19.5 Å². The molecule has 9 heteroatoms. The standard InChI is InChI=1S/C22H23ClFN7/c1-14-20-26-27-21(31(20)18-5-3-16(23)7-15(18)9-28(14)2)30-12-22(13-30)10-29(11-22)19-6-4-17(24)8-25-19/h3-8,14H,9-13H2,1-2H3. The molecule has 0 N–H and O–H groups in total. The summed E-state index contributed by atoms with van der Waals surface area (Å²) in [6.45, 7) is 6.67. The van der Waals surface area contributed by atoms with Gasteiger partial charge in [0.1, 0.15) is 11.6 Å². The maximum atomic E-state index is 13.1. The predicted molar refractivity (Wildman–Crippen MR) is 117 cm³/mol. The summed E-state index contributed by atoms with van der Waals surface area (Å²) in [5.41, 5.74) is 2.51. The van der Waals surface area contributed by atoms with E-state index < -0.39 is 0 Å². The summed E-state index contributed by atoms with van der Waals surface area (Å²) >= 11 is 6.29. The van der Waals surface area contributed by atoms with E-state index in [1.807, 2.05) is 12.1 Å². The largest absolute Gasteiger partial charge is 0.355 e. The van der Waals surface area contributed by atoms with Gasteiger partial charge in [0.05, 0.1) is 17.9 Å². The number of aromatic nitrogens is 4. The Bertz CT molecular complexity index is 1150. The molecule has 3 aliphatic heterocycles. The number of hydrogen-bond donors (Lipinski definition) is 0. The highest BCUT2D eigenvalue weighted by molar-refractivity contribution is 6.30. The van der Waals surface area contributed by atoms with Crippen LogP contribution in [0.2, 0.25) is 5.02 Å². The van der Waals surface area contributed by atoms with Crippen molar-refractivity contribution in [2.75, 3.05) is 43.0 Å². The lowest BCUT2D eigenvalue weighted by molar-refractivity contribution is 0.153. The monoisotopic (exact) mass is 439 g/mol. The first kappa shape index (κ1) is 19.0. The van der Waals surface area contributed by atoms with Gasteiger partial charge in [-0.05, 0) is 49.9 Å². The third-order valence-electron chi connectivity index (χ3n) is 6.83. The Morgan fingerprint density at radius 3 is 2.58 bits per heavy atom. The fraction of sp³-hybridized carbons (Fsp3) is 0.409. The molecule has 3 aliphatic rings. The van der Waals surface area contributed by atoms with Gasteiger partial charge in [-0.1, -0.05) is 11.6 Å². The van der Waals surface area contributed by atoms with Crippen LogP contribution in [0.15, 0.2) is 36.5 Å². The van der Waals surface area contributed by atoms with Gasteiger partial charge in [0.15, 0.2) is 5.82 Å². The van der Waals surface area contributed by atoms with E-state index in [-0.39, 0.29) is 17.3 Å². The van der Waals surface area contributed by atoms with E-state index in [1.54, 1.807) is 6.07 Å². The molecule has 2 aromatic heterocycles. The molecule has 3 aromatic rings. The Hall–Kier alpha value is -2.71. The quantitative estimate of drug-likeness (QED) is 0.610. The van der Waals surface area contributed by atoms with Gasteiger partial charge < -0.3 is 9.80 Å². The van der Waals surface area contributed by atoms with Crippen LogP contribution in [-0.4, -0.2) is 57.9 Å². The van der Waals surface area contributed by atoms with Crippen molar-refractivity contribution in [1.82, 2.24) is 24.6 Å². The SMILES string of the molecule is CC1c2nnc(N3CC4(CN(c5ccc(F)cn5)C4)C3)n2-c2ccc(Cl)cc2CN1C. The molecule has 5 heterocycles. The van der Waals surface area contributed by atoms with Gasteiger partial charge in [-0.15, -0.1) is 10.2 Å². The second-order valence-corrected chi connectivity index (χ2v) is 9.54. The van der Waals surface area contributed by atoms with Crippen LogP contribution in [0.4, 0.5) is 16.2 Å². The van der Waals surface area contributed by atoms with Gasteiger partial charge in [-0.3, -0.25) is 9.47 Å². The molecule has 2 fully saturated rings. The molecule has 1 unspecified atom stereocenters. The van der Waals surface area contributed by atoms with E-state index in [9.17, 15) is 4.39 Å². The number of rotatable bonds is 2. The summed E-state index contributed by atoms with van der Waals surface area (Å²) in [4.78, 5) is 11.0. The lowest BCUT2D eigenvalue weighted by atomic mass is 9.73. The summed E-state index contributed by atoms with van der Waals surface area (Å²) in [7, 11) is 2.10. The average Bonchev–Trinajstić information content (AvgIpc) is 3.07. The maximum absolute atomic E-state index is 13.1. The maximum Gasteiger partial charge on any atom is 0.232 e. The molecule has 1 spiro atoms. The Morgan fingerprint density at radius 1 is 1.06 bits per heavy atom. The number of benzene rings is 1. The van der Waals surface area contributed by atoms with Gasteiger partial charge in [0.2, 0.25) is 5.95 Å². The van der Waals surface area contributed by atoms with Crippen LogP contribution in [0, 0.1) is 11.2 Å². The Kier molecular flexibility index (Phi) is 4.07. The molecule has 31 heavy (non-hydrogen) atoms. The molecule has 0 amide bonds. The van der Waals surface area contributed by atoms with Crippen molar-refractivity contribution < 1.29 is 4.39 Å². The van der Waals surface area contributed by atoms with Gasteiger partial charge in [-0.2, -0.15) is 0 Å². The second kappa shape index (κ2) is 6.64. The van der Waals surface area contributed by atoms with Crippen LogP contribution in [0.5, 0.6) is 0 Å². The lowest BCUT2D eigenvalue weighted by Gasteiger charge is -2.60. The number of anilines is 2. The molecule has 0 bridgehead atoms. The molecule has 0 saturated carbocycles. The summed E-state index contributed by atoms with van der Waals surface area (Å²) < 4.78 is 15.3. The molecule has 160 valence electrons. The van der Waals surface area contributed by atoms with Crippen molar-refractivity contribution in [3.63, 3.8) is 0 Å². The minimum absolute atomic E-state index is 0.145. The normalized spacial score (nSPS) is 21.9. The van der Waals surface area contributed by atoms with E-state index in [0.29, 0.717) is 0 Å². The van der Waals surface area contributed by atoms with Crippen LogP contribution in [-0.2, 0) is 6.54 Å². The lowest BCUT2D eigenvalue weighted by Crippen LogP contribution is -2.73. The van der Waals surface area contributed by atoms with Crippen LogP contribution >= 0.6 is 11.6 Å². The van der Waals surface area contributed by atoms with Gasteiger partial charge in [-0.25, -0.2) is 9.37 Å². The smallest absolute Gasteiger partial charge is 0.232 e. The molecular formula is C22H23ClFN7. The molecule has 0 aliphatic carbocycles. The summed E-state index contributed by atoms with van der Waals surface area (Å²) in [6, 6.07) is 9.40. The number of halogens is 2. The first-order valence-electron chi connectivity index (χ1n) is 10.5. The van der Waals surface area contributed by atoms with Gasteiger partial charge in [0, 0.05) is 43.2 Å². The molecule has 1 aromatic carbocycles. The fourth-order valence-corrected chi connectivity index (χ4v) is 5.28. The Balaban J connectivity index is 1.26. The minimum atomic E-state index is -0.303. The van der Waals surface area contributed by atoms with Crippen molar-refractivity contribution in [3.8, 4) is 5.69 Å². The minimum Gasteiger partial charge on any atom is -0.355 e. The van der Waals surface area contributed by atoms with Crippen molar-refractivity contribution in [1.29, 1.82) is 0 Å². The number of fused-ring (bicyclic) bond motifs is 3. The highest BCUT2D eigenvalue weighted by Gasteiger charge is 2.53. The van der Waals surface area contributed by atoms with Gasteiger partial charge in [0.25, 0.3) is 0 Å². The first-order valence-corrected chi connectivity index (χ1v) is 10.9. The van der Waals surface area contributed by atoms with Crippen LogP contribution in [0.3, 0.4) is 0 Å². The molecule has 2 saturated heterocycles. The number of hydrogen-bond acceptors (Lipinski definition) is 6. The number of nitrogens with zero attached hydrogens (tertiary/aromatic N) is 7. The van der Waals surface area contributed by atoms with E-state index in [4.69, 9.17) is 11.6 Å². The summed E-state index contributed by atoms with van der Waals surface area (Å²) in [6.07, 6.45) is 1.28. The zero-order valence-electron chi connectivity index (χ0n) is 17.5.